The highest BCUT2D eigenvalue weighted by atomic mass is 19.1. The number of halogens is 2. The standard InChI is InChI=1S/C15H20F2N2O2/c16-11-6-7-14(12(17)8-11)19-15(21)18-13-5-3-1-2-4-10(13)9-20/h6-8,10,13,20H,1-5,9H2,(H2,18,19,21). The van der Waals surface area contributed by atoms with E-state index in [1.54, 1.807) is 0 Å². The third kappa shape index (κ3) is 4.39. The quantitative estimate of drug-likeness (QED) is 0.751. The van der Waals surface area contributed by atoms with Gasteiger partial charge in [-0.15, -0.1) is 0 Å². The van der Waals surface area contributed by atoms with Crippen LogP contribution in [0.1, 0.15) is 32.1 Å². The number of hydrogen-bond donors (Lipinski definition) is 3. The van der Waals surface area contributed by atoms with Crippen molar-refractivity contribution in [1.82, 2.24) is 5.32 Å². The van der Waals surface area contributed by atoms with Gasteiger partial charge in [0.25, 0.3) is 0 Å². The Bertz CT molecular complexity index is 497. The van der Waals surface area contributed by atoms with Crippen molar-refractivity contribution in [3.05, 3.63) is 29.8 Å². The molecule has 21 heavy (non-hydrogen) atoms. The molecule has 116 valence electrons. The number of carbonyl (C=O) groups is 1. The molecular formula is C15H20F2N2O2. The largest absolute Gasteiger partial charge is 0.396 e. The van der Waals surface area contributed by atoms with E-state index in [1.807, 2.05) is 0 Å². The van der Waals surface area contributed by atoms with Crippen molar-refractivity contribution < 1.29 is 18.7 Å². The van der Waals surface area contributed by atoms with Gasteiger partial charge in [-0.2, -0.15) is 0 Å². The molecule has 0 aliphatic heterocycles. The fraction of sp³-hybridized carbons (Fsp3) is 0.533. The molecule has 2 unspecified atom stereocenters. The summed E-state index contributed by atoms with van der Waals surface area (Å²) in [6.45, 7) is 0.0237. The number of urea groups is 1. The van der Waals surface area contributed by atoms with Gasteiger partial charge in [0.15, 0.2) is 0 Å². The average molecular weight is 298 g/mol. The van der Waals surface area contributed by atoms with Crippen molar-refractivity contribution in [2.24, 2.45) is 5.92 Å². The highest BCUT2D eigenvalue weighted by Gasteiger charge is 2.24. The predicted molar refractivity (Wildman–Crippen MR) is 76.0 cm³/mol. The normalized spacial score (nSPS) is 22.4. The third-order valence-corrected chi connectivity index (χ3v) is 3.89. The number of nitrogens with one attached hydrogen (secondary N) is 2. The molecular weight excluding hydrogens is 278 g/mol. The van der Waals surface area contributed by atoms with E-state index in [-0.39, 0.29) is 24.3 Å². The van der Waals surface area contributed by atoms with Crippen LogP contribution in [-0.4, -0.2) is 23.8 Å². The summed E-state index contributed by atoms with van der Waals surface area (Å²) in [5.41, 5.74) is -0.0666. The van der Waals surface area contributed by atoms with Crippen LogP contribution in [0, 0.1) is 17.6 Å². The summed E-state index contributed by atoms with van der Waals surface area (Å²) in [5, 5.41) is 14.5. The Morgan fingerprint density at radius 2 is 2.00 bits per heavy atom. The second-order valence-corrected chi connectivity index (χ2v) is 5.41. The van der Waals surface area contributed by atoms with Crippen LogP contribution in [0.2, 0.25) is 0 Å². The lowest BCUT2D eigenvalue weighted by atomic mass is 9.96. The van der Waals surface area contributed by atoms with Crippen molar-refractivity contribution in [2.45, 2.75) is 38.1 Å². The maximum absolute atomic E-state index is 13.5. The summed E-state index contributed by atoms with van der Waals surface area (Å²) in [6, 6.07) is 2.33. The minimum absolute atomic E-state index is 0.0237. The number of hydrogen-bond acceptors (Lipinski definition) is 2. The van der Waals surface area contributed by atoms with Crippen LogP contribution in [0.15, 0.2) is 18.2 Å². The summed E-state index contributed by atoms with van der Waals surface area (Å²) >= 11 is 0. The van der Waals surface area contributed by atoms with Crippen LogP contribution in [0.3, 0.4) is 0 Å². The highest BCUT2D eigenvalue weighted by molar-refractivity contribution is 5.89. The number of rotatable bonds is 3. The zero-order valence-corrected chi connectivity index (χ0v) is 11.7. The van der Waals surface area contributed by atoms with E-state index in [9.17, 15) is 18.7 Å². The van der Waals surface area contributed by atoms with E-state index in [0.717, 1.165) is 44.2 Å². The molecule has 6 heteroatoms. The van der Waals surface area contributed by atoms with Gasteiger partial charge in [0.05, 0.1) is 5.69 Å². The molecule has 1 saturated carbocycles. The molecule has 1 aromatic rings. The average Bonchev–Trinajstić information content (AvgIpc) is 2.67. The monoisotopic (exact) mass is 298 g/mol. The SMILES string of the molecule is O=C(Nc1ccc(F)cc1F)NC1CCCCCC1CO. The van der Waals surface area contributed by atoms with Gasteiger partial charge in [-0.1, -0.05) is 19.3 Å². The Morgan fingerprint density at radius 1 is 1.24 bits per heavy atom. The van der Waals surface area contributed by atoms with Crippen LogP contribution in [0.4, 0.5) is 19.3 Å². The number of anilines is 1. The summed E-state index contributed by atoms with van der Waals surface area (Å²) in [5.74, 6) is -1.48. The molecule has 2 rings (SSSR count). The van der Waals surface area contributed by atoms with E-state index >= 15 is 0 Å². The van der Waals surface area contributed by atoms with Crippen molar-refractivity contribution in [3.63, 3.8) is 0 Å². The van der Waals surface area contributed by atoms with Gasteiger partial charge in [0.1, 0.15) is 11.6 Å². The van der Waals surface area contributed by atoms with E-state index in [4.69, 9.17) is 0 Å². The first-order chi connectivity index (χ1) is 10.1. The zero-order valence-electron chi connectivity index (χ0n) is 11.7. The summed E-state index contributed by atoms with van der Waals surface area (Å²) in [7, 11) is 0. The number of benzene rings is 1. The van der Waals surface area contributed by atoms with Crippen molar-refractivity contribution in [3.8, 4) is 0 Å². The lowest BCUT2D eigenvalue weighted by molar-refractivity contribution is 0.182. The molecule has 1 aliphatic carbocycles. The topological polar surface area (TPSA) is 61.4 Å². The molecule has 1 fully saturated rings. The first-order valence-corrected chi connectivity index (χ1v) is 7.23. The molecule has 1 aromatic carbocycles. The van der Waals surface area contributed by atoms with Crippen LogP contribution in [0.5, 0.6) is 0 Å². The number of amides is 2. The Morgan fingerprint density at radius 3 is 2.71 bits per heavy atom. The van der Waals surface area contributed by atoms with Crippen LogP contribution < -0.4 is 10.6 Å². The molecule has 4 nitrogen and oxygen atoms in total. The van der Waals surface area contributed by atoms with Crippen molar-refractivity contribution in [1.29, 1.82) is 0 Å². The molecule has 0 heterocycles. The molecule has 2 atom stereocenters. The Kier molecular flexibility index (Phi) is 5.50. The molecule has 0 aromatic heterocycles. The predicted octanol–water partition coefficient (Wildman–Crippen LogP) is 3.03. The van der Waals surface area contributed by atoms with Gasteiger partial charge in [0.2, 0.25) is 0 Å². The Labute approximate surface area is 122 Å². The Hall–Kier alpha value is -1.69. The van der Waals surface area contributed by atoms with Gasteiger partial charge >= 0.3 is 6.03 Å². The van der Waals surface area contributed by atoms with E-state index in [2.05, 4.69) is 10.6 Å². The maximum atomic E-state index is 13.5. The molecule has 3 N–H and O–H groups in total. The Balaban J connectivity index is 1.96. The van der Waals surface area contributed by atoms with Gasteiger partial charge in [-0.05, 0) is 25.0 Å². The van der Waals surface area contributed by atoms with E-state index < -0.39 is 17.7 Å². The van der Waals surface area contributed by atoms with Crippen molar-refractivity contribution >= 4 is 11.7 Å². The van der Waals surface area contributed by atoms with E-state index in [1.165, 1.54) is 6.07 Å². The lowest BCUT2D eigenvalue weighted by Crippen LogP contribution is -2.43. The van der Waals surface area contributed by atoms with Crippen LogP contribution >= 0.6 is 0 Å². The summed E-state index contributed by atoms with van der Waals surface area (Å²) < 4.78 is 26.3. The fourth-order valence-electron chi connectivity index (χ4n) is 2.71. The minimum atomic E-state index is -0.815. The van der Waals surface area contributed by atoms with E-state index in [0.29, 0.717) is 0 Å². The minimum Gasteiger partial charge on any atom is -0.396 e. The molecule has 1 aliphatic rings. The van der Waals surface area contributed by atoms with Gasteiger partial charge in [0, 0.05) is 24.6 Å². The van der Waals surface area contributed by atoms with Crippen LogP contribution in [0.25, 0.3) is 0 Å². The van der Waals surface area contributed by atoms with Crippen molar-refractivity contribution in [2.75, 3.05) is 11.9 Å². The second-order valence-electron chi connectivity index (χ2n) is 5.41. The molecule has 0 saturated heterocycles. The number of aliphatic hydroxyl groups excluding tert-OH is 1. The van der Waals surface area contributed by atoms with Gasteiger partial charge in [-0.25, -0.2) is 13.6 Å². The molecule has 0 spiro atoms. The molecule has 0 bridgehead atoms. The first-order valence-electron chi connectivity index (χ1n) is 7.23. The van der Waals surface area contributed by atoms with Gasteiger partial charge in [-0.3, -0.25) is 0 Å². The summed E-state index contributed by atoms with van der Waals surface area (Å²) in [4.78, 5) is 11.9. The smallest absolute Gasteiger partial charge is 0.319 e. The number of carbonyl (C=O) groups excluding carboxylic acids is 1. The molecule has 0 radical (unpaired) electrons. The van der Waals surface area contributed by atoms with Gasteiger partial charge < -0.3 is 15.7 Å². The first kappa shape index (κ1) is 15.7. The highest BCUT2D eigenvalue weighted by Crippen LogP contribution is 2.23. The zero-order chi connectivity index (χ0) is 15.2. The third-order valence-electron chi connectivity index (χ3n) is 3.89. The summed E-state index contributed by atoms with van der Waals surface area (Å²) in [6.07, 6.45) is 4.78. The number of aliphatic hydroxyl groups is 1. The molecule has 2 amide bonds. The van der Waals surface area contributed by atoms with Crippen LogP contribution in [-0.2, 0) is 0 Å². The maximum Gasteiger partial charge on any atom is 0.319 e. The second kappa shape index (κ2) is 7.36. The lowest BCUT2D eigenvalue weighted by Gasteiger charge is -2.24. The fourth-order valence-corrected chi connectivity index (χ4v) is 2.71.